The van der Waals surface area contributed by atoms with Crippen LogP contribution in [0, 0.1) is 17.1 Å². The molecule has 0 radical (unpaired) electrons. The van der Waals surface area contributed by atoms with E-state index < -0.39 is 28.1 Å². The van der Waals surface area contributed by atoms with Crippen LogP contribution < -0.4 is 9.62 Å². The van der Waals surface area contributed by atoms with Gasteiger partial charge in [0.05, 0.1) is 23.8 Å². The lowest BCUT2D eigenvalue weighted by Gasteiger charge is -2.39. The number of nitrogens with zero attached hydrogens (tertiary/aromatic N) is 3. The lowest BCUT2D eigenvalue weighted by Crippen LogP contribution is -2.51. The third kappa shape index (κ3) is 6.23. The van der Waals surface area contributed by atoms with Gasteiger partial charge in [0.15, 0.2) is 5.82 Å². The first-order valence-electron chi connectivity index (χ1n) is 9.85. The number of rotatable bonds is 7. The van der Waals surface area contributed by atoms with Gasteiger partial charge >= 0.3 is 0 Å². The highest BCUT2D eigenvalue weighted by Gasteiger charge is 2.27. The molecule has 3 rings (SSSR count). The molecule has 0 amide bonds. The van der Waals surface area contributed by atoms with Gasteiger partial charge < -0.3 is 9.88 Å². The van der Waals surface area contributed by atoms with Gasteiger partial charge in [0.1, 0.15) is 11.6 Å². The number of pyridine rings is 1. The summed E-state index contributed by atoms with van der Waals surface area (Å²) in [5.41, 5.74) is -0.211. The highest BCUT2D eigenvalue weighted by molar-refractivity contribution is 7.99. The molecule has 0 spiro atoms. The quantitative estimate of drug-likeness (QED) is 0.380. The van der Waals surface area contributed by atoms with Crippen LogP contribution in [0.2, 0.25) is 0 Å². The van der Waals surface area contributed by atoms with E-state index in [2.05, 4.69) is 26.6 Å². The Morgan fingerprint density at radius 1 is 1.35 bits per heavy atom. The molecule has 3 heterocycles. The minimum absolute atomic E-state index is 0.0360. The fourth-order valence-corrected chi connectivity index (χ4v) is 4.74. The topological polar surface area (TPSA) is 97.8 Å². The van der Waals surface area contributed by atoms with E-state index in [0.717, 1.165) is 25.2 Å². The standard InChI is InChI=1S/C20H27F3N6OS/c1-12-6-13(28-31(2,3)30)11-29(10-12)19-7-14(15(21)8-26-19)17-9-25-18(27-17)5-4-16(24)20(22)23/h4-5,7-9,12-13,20,24,31H,6,10-11H2,1-3H3,(H,25,27)(H,28,30)/b5-4-,24-16?. The van der Waals surface area contributed by atoms with Crippen molar-refractivity contribution >= 4 is 27.7 Å². The molecule has 1 aliphatic rings. The largest absolute Gasteiger partial charge is 0.355 e. The molecule has 2 unspecified atom stereocenters. The highest BCUT2D eigenvalue weighted by Crippen LogP contribution is 2.28. The van der Waals surface area contributed by atoms with Crippen molar-refractivity contribution in [2.24, 2.45) is 5.92 Å². The van der Waals surface area contributed by atoms with Crippen LogP contribution in [0.4, 0.5) is 19.0 Å². The smallest absolute Gasteiger partial charge is 0.279 e. The number of nitrogens with one attached hydrogen (secondary N) is 3. The number of H-pyrrole nitrogens is 1. The van der Waals surface area contributed by atoms with E-state index in [1.165, 1.54) is 12.3 Å². The van der Waals surface area contributed by atoms with Crippen molar-refractivity contribution in [3.63, 3.8) is 0 Å². The minimum Gasteiger partial charge on any atom is -0.355 e. The predicted octanol–water partition coefficient (Wildman–Crippen LogP) is 2.90. The van der Waals surface area contributed by atoms with E-state index in [1.807, 2.05) is 4.90 Å². The summed E-state index contributed by atoms with van der Waals surface area (Å²) in [6, 6.07) is 1.65. The Kier molecular flexibility index (Phi) is 6.95. The van der Waals surface area contributed by atoms with Crippen molar-refractivity contribution in [3.8, 4) is 11.3 Å². The zero-order chi connectivity index (χ0) is 22.8. The maximum Gasteiger partial charge on any atom is 0.279 e. The second kappa shape index (κ2) is 9.31. The molecule has 7 nitrogen and oxygen atoms in total. The molecule has 2 atom stereocenters. The minimum atomic E-state index is -2.87. The van der Waals surface area contributed by atoms with Crippen molar-refractivity contribution in [2.45, 2.75) is 25.8 Å². The summed E-state index contributed by atoms with van der Waals surface area (Å²) in [6.07, 6.45) is 6.14. The Morgan fingerprint density at radius 3 is 2.77 bits per heavy atom. The average molecular weight is 457 g/mol. The summed E-state index contributed by atoms with van der Waals surface area (Å²) in [5, 5.41) is 7.15. The second-order valence-corrected chi connectivity index (χ2v) is 11.2. The number of alkyl halides is 2. The van der Waals surface area contributed by atoms with Gasteiger partial charge in [-0.05, 0) is 30.6 Å². The number of thiol groups is 1. The van der Waals surface area contributed by atoms with Gasteiger partial charge in [0.25, 0.3) is 6.43 Å². The monoisotopic (exact) mass is 456 g/mol. The number of imidazole rings is 1. The summed E-state index contributed by atoms with van der Waals surface area (Å²) in [6.45, 7) is 3.44. The molecule has 0 saturated carbocycles. The van der Waals surface area contributed by atoms with E-state index in [1.54, 1.807) is 18.6 Å². The van der Waals surface area contributed by atoms with Gasteiger partial charge in [-0.25, -0.2) is 23.1 Å². The molecule has 1 saturated heterocycles. The normalized spacial score (nSPS) is 20.5. The zero-order valence-corrected chi connectivity index (χ0v) is 18.5. The van der Waals surface area contributed by atoms with E-state index >= 15 is 0 Å². The van der Waals surface area contributed by atoms with Crippen molar-refractivity contribution < 1.29 is 17.4 Å². The van der Waals surface area contributed by atoms with Crippen LogP contribution in [-0.2, 0) is 10.1 Å². The van der Waals surface area contributed by atoms with E-state index in [0.29, 0.717) is 24.0 Å². The fourth-order valence-electron chi connectivity index (χ4n) is 3.68. The van der Waals surface area contributed by atoms with Gasteiger partial charge in [-0.2, -0.15) is 0 Å². The molecule has 0 bridgehead atoms. The molecule has 31 heavy (non-hydrogen) atoms. The Balaban J connectivity index is 1.82. The van der Waals surface area contributed by atoms with Crippen molar-refractivity contribution in [1.29, 1.82) is 5.41 Å². The SMILES string of the molecule is CC1CC(N[SH](C)(C)=O)CN(c2cc(-c3cnc(/C=C\C(=N)C(F)F)[nH]3)c(F)cn2)C1. The van der Waals surface area contributed by atoms with Crippen molar-refractivity contribution in [3.05, 3.63) is 36.2 Å². The van der Waals surface area contributed by atoms with E-state index in [-0.39, 0.29) is 17.4 Å². The zero-order valence-electron chi connectivity index (χ0n) is 17.6. The van der Waals surface area contributed by atoms with E-state index in [9.17, 15) is 17.4 Å². The number of anilines is 1. The van der Waals surface area contributed by atoms with Gasteiger partial charge in [0.2, 0.25) is 0 Å². The summed E-state index contributed by atoms with van der Waals surface area (Å²) in [5.74, 6) is 0.607. The molecule has 11 heteroatoms. The number of piperidine rings is 1. The van der Waals surface area contributed by atoms with Crippen LogP contribution in [0.25, 0.3) is 17.3 Å². The number of hydrogen-bond donors (Lipinski definition) is 4. The molecule has 0 aromatic carbocycles. The average Bonchev–Trinajstić information content (AvgIpc) is 3.13. The maximum absolute atomic E-state index is 14.5. The van der Waals surface area contributed by atoms with Crippen LogP contribution >= 0.6 is 0 Å². The third-order valence-electron chi connectivity index (χ3n) is 4.86. The second-order valence-electron chi connectivity index (χ2n) is 8.22. The van der Waals surface area contributed by atoms with Crippen molar-refractivity contribution in [1.82, 2.24) is 19.7 Å². The van der Waals surface area contributed by atoms with Crippen molar-refractivity contribution in [2.75, 3.05) is 30.5 Å². The Bertz CT molecular complexity index is 1020. The molecular weight excluding hydrogens is 429 g/mol. The van der Waals surface area contributed by atoms with Crippen LogP contribution in [0.5, 0.6) is 0 Å². The molecular formula is C20H27F3N6OS. The number of hydrogen-bond acceptors (Lipinski definition) is 5. The fraction of sp³-hybridized carbons (Fsp3) is 0.450. The predicted molar refractivity (Wildman–Crippen MR) is 119 cm³/mol. The number of halogens is 3. The number of aromatic amines is 1. The van der Waals surface area contributed by atoms with Gasteiger partial charge in [0, 0.05) is 37.2 Å². The molecule has 1 fully saturated rings. The Morgan fingerprint density at radius 2 is 2.10 bits per heavy atom. The summed E-state index contributed by atoms with van der Waals surface area (Å²) < 4.78 is 54.7. The highest BCUT2D eigenvalue weighted by atomic mass is 32.3. The van der Waals surface area contributed by atoms with Crippen LogP contribution in [0.3, 0.4) is 0 Å². The first-order valence-corrected chi connectivity index (χ1v) is 12.4. The lowest BCUT2D eigenvalue weighted by atomic mass is 9.96. The Hall–Kier alpha value is -2.53. The number of allylic oxidation sites excluding steroid dienone is 1. The molecule has 2 aromatic rings. The first kappa shape index (κ1) is 23.1. The molecule has 0 aliphatic carbocycles. The summed E-state index contributed by atoms with van der Waals surface area (Å²) in [4.78, 5) is 13.2. The van der Waals surface area contributed by atoms with Crippen LogP contribution in [0.1, 0.15) is 19.2 Å². The third-order valence-corrected chi connectivity index (χ3v) is 5.85. The Labute approximate surface area is 180 Å². The summed E-state index contributed by atoms with van der Waals surface area (Å²) >= 11 is 0. The molecule has 1 aliphatic heterocycles. The maximum atomic E-state index is 14.5. The first-order chi connectivity index (χ1) is 14.5. The summed E-state index contributed by atoms with van der Waals surface area (Å²) in [7, 11) is -2.40. The van der Waals surface area contributed by atoms with Gasteiger partial charge in [-0.3, -0.25) is 14.3 Å². The van der Waals surface area contributed by atoms with Crippen LogP contribution in [-0.4, -0.2) is 62.9 Å². The molecule has 170 valence electrons. The van der Waals surface area contributed by atoms with Gasteiger partial charge in [-0.1, -0.05) is 17.0 Å². The number of aromatic nitrogens is 3. The van der Waals surface area contributed by atoms with Crippen LogP contribution in [0.15, 0.2) is 24.5 Å². The van der Waals surface area contributed by atoms with E-state index in [4.69, 9.17) is 5.41 Å². The van der Waals surface area contributed by atoms with Gasteiger partial charge in [-0.15, -0.1) is 0 Å². The molecule has 3 N–H and O–H groups in total. The molecule has 2 aromatic heterocycles. The lowest BCUT2D eigenvalue weighted by molar-refractivity contribution is 0.226.